The quantitative estimate of drug-likeness (QED) is 0.145. The molecular formula is C32H43N7O5S3. The van der Waals surface area contributed by atoms with Crippen LogP contribution in [-0.2, 0) is 27.8 Å². The molecule has 4 N–H and O–H groups in total. The number of nitrogens with zero attached hydrogens (tertiary/aromatic N) is 4. The molecule has 12 nitrogen and oxygen atoms in total. The molecule has 0 bridgehead atoms. The lowest BCUT2D eigenvalue weighted by Crippen LogP contribution is -2.57. The Labute approximate surface area is 284 Å². The van der Waals surface area contributed by atoms with E-state index in [0.717, 1.165) is 52.0 Å². The monoisotopic (exact) mass is 701 g/mol. The highest BCUT2D eigenvalue weighted by atomic mass is 32.2. The summed E-state index contributed by atoms with van der Waals surface area (Å²) < 4.78 is 36.4. The van der Waals surface area contributed by atoms with Crippen LogP contribution in [0, 0.1) is 5.92 Å². The molecule has 3 heterocycles. The number of hydrogen-bond donors (Lipinski definition) is 4. The largest absolute Gasteiger partial charge is 0.444 e. The average molecular weight is 702 g/mol. The molecule has 1 aliphatic heterocycles. The van der Waals surface area contributed by atoms with Crippen LogP contribution < -0.4 is 20.9 Å². The molecule has 0 aliphatic carbocycles. The lowest BCUT2D eigenvalue weighted by molar-refractivity contribution is 0.0786. The zero-order valence-corrected chi connectivity index (χ0v) is 29.3. The second kappa shape index (κ2) is 16.3. The molecule has 5 rings (SSSR count). The first kappa shape index (κ1) is 35.1. The first-order chi connectivity index (χ1) is 22.7. The van der Waals surface area contributed by atoms with Crippen molar-refractivity contribution < 1.29 is 23.1 Å². The van der Waals surface area contributed by atoms with Crippen LogP contribution in [0.15, 0.2) is 65.1 Å². The van der Waals surface area contributed by atoms with E-state index in [4.69, 9.17) is 9.72 Å². The van der Waals surface area contributed by atoms with Gasteiger partial charge in [0, 0.05) is 45.5 Å². The number of amides is 1. The van der Waals surface area contributed by atoms with E-state index < -0.39 is 28.3 Å². The Morgan fingerprint density at radius 2 is 2.00 bits per heavy atom. The number of carbonyl (C=O) groups is 1. The SMILES string of the molecule is CCN(c1nc2ccc(S(=O)(=O)N(CC(C)C)C(Cc3ccccc3)C(O)CNC(=O)OCc3cncs3)cc2s1)C1CNCCN1. The van der Waals surface area contributed by atoms with Crippen molar-refractivity contribution in [2.75, 3.05) is 44.2 Å². The lowest BCUT2D eigenvalue weighted by atomic mass is 10.0. The fourth-order valence-corrected chi connectivity index (χ4v) is 9.08. The number of carbonyl (C=O) groups excluding carboxylic acids is 1. The summed E-state index contributed by atoms with van der Waals surface area (Å²) in [5, 5.41) is 21.9. The smallest absolute Gasteiger partial charge is 0.407 e. The number of sulfonamides is 1. The van der Waals surface area contributed by atoms with Crippen LogP contribution in [0.4, 0.5) is 9.93 Å². The third-order valence-corrected chi connectivity index (χ3v) is 11.6. The summed E-state index contributed by atoms with van der Waals surface area (Å²) in [4.78, 5) is 24.4. The summed E-state index contributed by atoms with van der Waals surface area (Å²) >= 11 is 2.83. The van der Waals surface area contributed by atoms with E-state index in [2.05, 4.69) is 32.8 Å². The summed E-state index contributed by atoms with van der Waals surface area (Å²) in [7, 11) is -4.10. The van der Waals surface area contributed by atoms with Gasteiger partial charge in [-0.1, -0.05) is 55.5 Å². The molecule has 0 spiro atoms. The maximum Gasteiger partial charge on any atom is 0.407 e. The van der Waals surface area contributed by atoms with Gasteiger partial charge in [0.2, 0.25) is 10.0 Å². The van der Waals surface area contributed by atoms with Crippen LogP contribution in [0.3, 0.4) is 0 Å². The molecule has 254 valence electrons. The first-order valence-electron chi connectivity index (χ1n) is 15.8. The van der Waals surface area contributed by atoms with E-state index in [9.17, 15) is 18.3 Å². The molecule has 2 aromatic heterocycles. The first-order valence-corrected chi connectivity index (χ1v) is 18.9. The minimum Gasteiger partial charge on any atom is -0.444 e. The zero-order chi connectivity index (χ0) is 33.4. The van der Waals surface area contributed by atoms with Crippen molar-refractivity contribution in [2.24, 2.45) is 5.92 Å². The van der Waals surface area contributed by atoms with Crippen molar-refractivity contribution in [1.29, 1.82) is 0 Å². The molecule has 1 saturated heterocycles. The Kier molecular flexibility index (Phi) is 12.2. The molecule has 15 heteroatoms. The van der Waals surface area contributed by atoms with Crippen molar-refractivity contribution in [1.82, 2.24) is 30.2 Å². The minimum atomic E-state index is -4.10. The number of fused-ring (bicyclic) bond motifs is 1. The van der Waals surface area contributed by atoms with Gasteiger partial charge in [-0.3, -0.25) is 10.3 Å². The topological polar surface area (TPSA) is 149 Å². The van der Waals surface area contributed by atoms with Crippen molar-refractivity contribution in [3.05, 3.63) is 70.7 Å². The second-order valence-corrected chi connectivity index (χ2v) is 15.7. The molecule has 1 amide bonds. The number of aromatic nitrogens is 2. The average Bonchev–Trinajstić information content (AvgIpc) is 3.75. The van der Waals surface area contributed by atoms with Gasteiger partial charge in [-0.25, -0.2) is 18.2 Å². The van der Waals surface area contributed by atoms with Crippen LogP contribution in [0.25, 0.3) is 10.2 Å². The van der Waals surface area contributed by atoms with Gasteiger partial charge in [-0.15, -0.1) is 11.3 Å². The number of benzene rings is 2. The number of rotatable bonds is 15. The summed E-state index contributed by atoms with van der Waals surface area (Å²) in [6.45, 7) is 9.30. The molecule has 0 saturated carbocycles. The van der Waals surface area contributed by atoms with E-state index in [1.165, 1.54) is 27.0 Å². The predicted molar refractivity (Wildman–Crippen MR) is 186 cm³/mol. The molecule has 0 radical (unpaired) electrons. The maximum absolute atomic E-state index is 14.5. The maximum atomic E-state index is 14.5. The molecule has 47 heavy (non-hydrogen) atoms. The number of nitrogens with one attached hydrogen (secondary N) is 3. The number of likely N-dealkylation sites (N-methyl/N-ethyl adjacent to an activating group) is 1. The number of alkyl carbamates (subject to hydrolysis) is 1. The van der Waals surface area contributed by atoms with Crippen LogP contribution >= 0.6 is 22.7 Å². The number of anilines is 1. The number of aliphatic hydroxyl groups is 1. The number of ether oxygens (including phenoxy) is 1. The second-order valence-electron chi connectivity index (χ2n) is 11.8. The Bertz CT molecular complexity index is 1680. The van der Waals surface area contributed by atoms with Gasteiger partial charge >= 0.3 is 6.09 Å². The van der Waals surface area contributed by atoms with Crippen LogP contribution in [0.1, 0.15) is 31.2 Å². The molecule has 1 fully saturated rings. The van der Waals surface area contributed by atoms with Crippen molar-refractivity contribution >= 4 is 54.1 Å². The highest BCUT2D eigenvalue weighted by Crippen LogP contribution is 2.33. The molecule has 2 aromatic carbocycles. The lowest BCUT2D eigenvalue weighted by Gasteiger charge is -2.35. The Hall–Kier alpha value is -3.18. The number of thiazole rings is 2. The number of piperazine rings is 1. The standard InChI is InChI=1S/C32H43N7O5S3/c1-4-38(30-18-33-12-13-35-30)31-37-26-11-10-25(15-29(26)46-31)47(42,43)39(19-22(2)3)27(14-23-8-6-5-7-9-23)28(40)17-36-32(41)44-20-24-16-34-21-45-24/h5-11,15-16,21-22,27-28,30,33,35,40H,4,12-14,17-20H2,1-3H3,(H,36,41). The highest BCUT2D eigenvalue weighted by molar-refractivity contribution is 7.89. The normalized spacial score (nSPS) is 16.8. The molecule has 4 aromatic rings. The Morgan fingerprint density at radius 1 is 1.19 bits per heavy atom. The predicted octanol–water partition coefficient (Wildman–Crippen LogP) is 3.64. The zero-order valence-electron chi connectivity index (χ0n) is 26.8. The summed E-state index contributed by atoms with van der Waals surface area (Å²) in [5.41, 5.74) is 3.24. The van der Waals surface area contributed by atoms with Crippen molar-refractivity contribution in [3.8, 4) is 0 Å². The van der Waals surface area contributed by atoms with Crippen LogP contribution in [0.2, 0.25) is 0 Å². The van der Waals surface area contributed by atoms with Crippen LogP contribution in [-0.4, -0.2) is 91.5 Å². The molecule has 3 unspecified atom stereocenters. The number of aliphatic hydroxyl groups excluding tert-OH is 1. The summed E-state index contributed by atoms with van der Waals surface area (Å²) in [6.07, 6.45) is 0.0198. The fourth-order valence-electron chi connectivity index (χ4n) is 5.54. The van der Waals surface area contributed by atoms with E-state index in [0.29, 0.717) is 0 Å². The van der Waals surface area contributed by atoms with E-state index in [1.54, 1.807) is 29.9 Å². The minimum absolute atomic E-state index is 0.0407. The summed E-state index contributed by atoms with van der Waals surface area (Å²) in [6, 6.07) is 13.6. The van der Waals surface area contributed by atoms with Gasteiger partial charge in [0.05, 0.1) is 43.8 Å². The molecule has 1 aliphatic rings. The fraction of sp³-hybridized carbons (Fsp3) is 0.469. The van der Waals surface area contributed by atoms with Crippen molar-refractivity contribution in [2.45, 2.75) is 57.0 Å². The van der Waals surface area contributed by atoms with Gasteiger partial charge in [-0.2, -0.15) is 4.31 Å². The van der Waals surface area contributed by atoms with Crippen LogP contribution in [0.5, 0.6) is 0 Å². The van der Waals surface area contributed by atoms with Crippen molar-refractivity contribution in [3.63, 3.8) is 0 Å². The third kappa shape index (κ3) is 9.04. The van der Waals surface area contributed by atoms with Gasteiger partial charge in [0.1, 0.15) is 6.61 Å². The number of hydrogen-bond acceptors (Lipinski definition) is 12. The van der Waals surface area contributed by atoms with E-state index >= 15 is 0 Å². The third-order valence-electron chi connectivity index (χ3n) is 7.87. The van der Waals surface area contributed by atoms with E-state index in [-0.39, 0.29) is 43.1 Å². The molecule has 3 atom stereocenters. The van der Waals surface area contributed by atoms with Gasteiger partial charge in [-0.05, 0) is 43.0 Å². The van der Waals surface area contributed by atoms with E-state index in [1.807, 2.05) is 44.2 Å². The Morgan fingerprint density at radius 3 is 2.68 bits per heavy atom. The highest BCUT2D eigenvalue weighted by Gasteiger charge is 2.37. The van der Waals surface area contributed by atoms with Gasteiger partial charge < -0.3 is 25.4 Å². The summed E-state index contributed by atoms with van der Waals surface area (Å²) in [5.74, 6) is -0.0407. The molecular weight excluding hydrogens is 659 g/mol. The van der Waals surface area contributed by atoms with Gasteiger partial charge in [0.15, 0.2) is 5.13 Å². The Balaban J connectivity index is 1.41. The van der Waals surface area contributed by atoms with Gasteiger partial charge in [0.25, 0.3) is 0 Å².